The summed E-state index contributed by atoms with van der Waals surface area (Å²) < 4.78 is 42.3. The summed E-state index contributed by atoms with van der Waals surface area (Å²) in [6.07, 6.45) is 1.95. The lowest BCUT2D eigenvalue weighted by Crippen LogP contribution is -2.45. The van der Waals surface area contributed by atoms with Crippen molar-refractivity contribution in [3.05, 3.63) is 109 Å². The lowest BCUT2D eigenvalue weighted by atomic mass is 10.00. The molecule has 0 radical (unpaired) electrons. The third kappa shape index (κ3) is 11.5. The predicted molar refractivity (Wildman–Crippen MR) is 206 cm³/mol. The van der Waals surface area contributed by atoms with Gasteiger partial charge in [-0.15, -0.1) is 0 Å². The monoisotopic (exact) mass is 693 g/mol. The first-order chi connectivity index (χ1) is 24.0. The van der Waals surface area contributed by atoms with Crippen LogP contribution in [0.3, 0.4) is 0 Å². The van der Waals surface area contributed by atoms with Crippen molar-refractivity contribution in [3.8, 4) is 11.1 Å². The van der Waals surface area contributed by atoms with Crippen molar-refractivity contribution in [2.24, 2.45) is 5.73 Å². The predicted octanol–water partition coefficient (Wildman–Crippen LogP) is 7.60. The van der Waals surface area contributed by atoms with E-state index < -0.39 is 11.7 Å². The molecule has 2 fully saturated rings. The minimum atomic E-state index is -4.59. The fourth-order valence-corrected chi connectivity index (χ4v) is 6.26. The van der Waals surface area contributed by atoms with Crippen LogP contribution in [0, 0.1) is 0 Å². The molecule has 274 valence electrons. The van der Waals surface area contributed by atoms with Gasteiger partial charge in [-0.2, -0.15) is 13.2 Å². The van der Waals surface area contributed by atoms with Gasteiger partial charge in [0.15, 0.2) is 0 Å². The molecule has 4 rings (SSSR count). The number of allylic oxidation sites excluding steroid dienone is 4. The first-order valence-electron chi connectivity index (χ1n) is 17.8. The number of benzene rings is 2. The van der Waals surface area contributed by atoms with Crippen LogP contribution in [-0.2, 0) is 6.54 Å². The van der Waals surface area contributed by atoms with Crippen LogP contribution in [0.5, 0.6) is 0 Å². The lowest BCUT2D eigenvalue weighted by molar-refractivity contribution is -0.0891. The number of rotatable bonds is 15. The summed E-state index contributed by atoms with van der Waals surface area (Å²) in [6.45, 7) is 24.7. The van der Waals surface area contributed by atoms with Crippen molar-refractivity contribution in [2.75, 3.05) is 83.2 Å². The topological polar surface area (TPSA) is 63.0 Å². The molecule has 0 aliphatic carbocycles. The molecular formula is C40H58F3N7. The Balaban J connectivity index is 0.00000332. The molecule has 10 heteroatoms. The molecule has 2 aromatic carbocycles. The Bertz CT molecular complexity index is 1460. The van der Waals surface area contributed by atoms with Crippen LogP contribution in [0.25, 0.3) is 11.1 Å². The summed E-state index contributed by atoms with van der Waals surface area (Å²) in [5, 5.41) is 6.03. The van der Waals surface area contributed by atoms with Crippen LogP contribution >= 0.6 is 0 Å². The zero-order valence-corrected chi connectivity index (χ0v) is 30.6. The molecule has 2 aromatic rings. The van der Waals surface area contributed by atoms with Gasteiger partial charge in [-0.3, -0.25) is 4.90 Å². The van der Waals surface area contributed by atoms with Crippen LogP contribution < -0.4 is 21.3 Å². The first-order valence-corrected chi connectivity index (χ1v) is 17.8. The summed E-state index contributed by atoms with van der Waals surface area (Å²) in [5.74, 6) is 0. The molecule has 7 nitrogen and oxygen atoms in total. The van der Waals surface area contributed by atoms with Crippen molar-refractivity contribution in [3.63, 3.8) is 0 Å². The second-order valence-corrected chi connectivity index (χ2v) is 12.6. The van der Waals surface area contributed by atoms with Gasteiger partial charge in [0, 0.05) is 89.1 Å². The van der Waals surface area contributed by atoms with Crippen LogP contribution in [0.2, 0.25) is 0 Å². The molecule has 2 aliphatic heterocycles. The van der Waals surface area contributed by atoms with E-state index in [1.807, 2.05) is 19.9 Å². The van der Waals surface area contributed by atoms with Gasteiger partial charge in [-0.1, -0.05) is 63.9 Å². The van der Waals surface area contributed by atoms with E-state index in [1.165, 1.54) is 17.5 Å². The minimum Gasteiger partial charge on any atom is -0.393 e. The van der Waals surface area contributed by atoms with Crippen LogP contribution in [0.4, 0.5) is 24.5 Å². The Morgan fingerprint density at radius 2 is 1.60 bits per heavy atom. The molecule has 0 saturated carbocycles. The van der Waals surface area contributed by atoms with Gasteiger partial charge >= 0.3 is 6.18 Å². The zero-order valence-electron chi connectivity index (χ0n) is 30.6. The molecule has 0 bridgehead atoms. The van der Waals surface area contributed by atoms with E-state index in [1.54, 1.807) is 7.05 Å². The molecule has 50 heavy (non-hydrogen) atoms. The van der Waals surface area contributed by atoms with E-state index in [-0.39, 0.29) is 11.3 Å². The molecule has 2 heterocycles. The molecule has 0 unspecified atom stereocenters. The molecule has 2 aliphatic rings. The quantitative estimate of drug-likeness (QED) is 0.131. The van der Waals surface area contributed by atoms with Gasteiger partial charge in [-0.05, 0) is 73.8 Å². The maximum Gasteiger partial charge on any atom is 0.417 e. The van der Waals surface area contributed by atoms with E-state index in [4.69, 9.17) is 5.73 Å². The fourth-order valence-electron chi connectivity index (χ4n) is 6.26. The van der Waals surface area contributed by atoms with Crippen LogP contribution in [0.15, 0.2) is 103 Å². The highest BCUT2D eigenvalue weighted by Crippen LogP contribution is 2.38. The number of hydrogen-bond acceptors (Lipinski definition) is 7. The highest BCUT2D eigenvalue weighted by atomic mass is 19.4. The van der Waals surface area contributed by atoms with Crippen LogP contribution in [-0.4, -0.2) is 93.9 Å². The number of unbranched alkanes of at least 4 members (excludes halogenated alkanes) is 1. The maximum absolute atomic E-state index is 14.1. The number of anilines is 2. The minimum absolute atomic E-state index is 0.0825. The van der Waals surface area contributed by atoms with Gasteiger partial charge in [-0.25, -0.2) is 0 Å². The number of nitrogens with zero attached hydrogens (tertiary/aromatic N) is 4. The molecule has 0 atom stereocenters. The molecule has 2 saturated heterocycles. The maximum atomic E-state index is 14.1. The van der Waals surface area contributed by atoms with E-state index in [9.17, 15) is 13.2 Å². The van der Waals surface area contributed by atoms with E-state index in [2.05, 4.69) is 93.4 Å². The Kier molecular flexibility index (Phi) is 16.2. The summed E-state index contributed by atoms with van der Waals surface area (Å²) >= 11 is 0. The van der Waals surface area contributed by atoms with E-state index in [0.717, 1.165) is 114 Å². The number of nitrogens with one attached hydrogen (secondary N) is 2. The third-order valence-electron chi connectivity index (χ3n) is 9.03. The van der Waals surface area contributed by atoms with Gasteiger partial charge in [0.05, 0.1) is 16.9 Å². The number of halogens is 3. The summed E-state index contributed by atoms with van der Waals surface area (Å²) in [7, 11) is 3.66. The number of likely N-dealkylation sites (N-methyl/N-ethyl adjacent to an activating group) is 1. The summed E-state index contributed by atoms with van der Waals surface area (Å²) in [6, 6.07) is 14.7. The number of piperazine rings is 2. The smallest absolute Gasteiger partial charge is 0.393 e. The lowest BCUT2D eigenvalue weighted by Gasteiger charge is -2.37. The van der Waals surface area contributed by atoms with E-state index in [0.29, 0.717) is 5.69 Å². The van der Waals surface area contributed by atoms with E-state index >= 15 is 0 Å². The van der Waals surface area contributed by atoms with Crippen molar-refractivity contribution in [1.82, 2.24) is 20.0 Å². The molecule has 4 N–H and O–H groups in total. The Labute approximate surface area is 298 Å². The third-order valence-corrected chi connectivity index (χ3v) is 9.03. The molecule has 0 amide bonds. The number of alkyl halides is 3. The number of hydrogen-bond donors (Lipinski definition) is 3. The standard InChI is InChI=1S/C38H52F3N7.C2H6/c1-6-10-35(38(39,40)41)34(27-43-4)30(3)44-36-26-33(14-15-37(36)48-21-17-45(5)18-22-48)32-13-9-12-31(25-32)28-46-19-23-47(24-20-46)29(2)11-7-8-16-42;1-2/h6,9-10,12-15,25-27,43-44H,1-3,7-8,11,16-24,28,42H2,4-5H3;1-2H3/b34-27-,35-10+;. The average Bonchev–Trinajstić information content (AvgIpc) is 3.11. The molecular weight excluding hydrogens is 635 g/mol. The van der Waals surface area contributed by atoms with Crippen molar-refractivity contribution in [1.29, 1.82) is 0 Å². The van der Waals surface area contributed by atoms with Gasteiger partial charge < -0.3 is 31.1 Å². The Morgan fingerprint density at radius 1 is 0.920 bits per heavy atom. The van der Waals surface area contributed by atoms with Crippen molar-refractivity contribution >= 4 is 11.4 Å². The second kappa shape index (κ2) is 20.0. The Hall–Kier alpha value is -3.99. The average molecular weight is 694 g/mol. The fraction of sp³-hybridized carbons (Fsp3) is 0.450. The first kappa shape index (κ1) is 40.4. The van der Waals surface area contributed by atoms with Crippen molar-refractivity contribution < 1.29 is 13.2 Å². The zero-order chi connectivity index (χ0) is 36.7. The highest BCUT2D eigenvalue weighted by Gasteiger charge is 2.36. The summed E-state index contributed by atoms with van der Waals surface area (Å²) in [4.78, 5) is 9.41. The van der Waals surface area contributed by atoms with Crippen LogP contribution in [0.1, 0.15) is 38.7 Å². The Morgan fingerprint density at radius 3 is 2.22 bits per heavy atom. The van der Waals surface area contributed by atoms with Gasteiger partial charge in [0.25, 0.3) is 0 Å². The highest BCUT2D eigenvalue weighted by molar-refractivity contribution is 5.80. The van der Waals surface area contributed by atoms with Crippen molar-refractivity contribution in [2.45, 2.75) is 45.8 Å². The summed E-state index contributed by atoms with van der Waals surface area (Å²) in [5.41, 5.74) is 11.0. The normalized spacial score (nSPS) is 16.4. The molecule has 0 aromatic heterocycles. The second-order valence-electron chi connectivity index (χ2n) is 12.6. The van der Waals surface area contributed by atoms with Gasteiger partial charge in [0.2, 0.25) is 0 Å². The molecule has 0 spiro atoms. The number of nitrogens with two attached hydrogens (primary N) is 1. The SMILES string of the molecule is C=C/C=C(\C(=C/NC)C(=C)Nc1cc(-c2cccc(CN3CCN(C(=C)CCCCN)CC3)c2)ccc1N1CCN(C)CC1)C(F)(F)F.CC. The van der Waals surface area contributed by atoms with Gasteiger partial charge in [0.1, 0.15) is 0 Å². The largest absolute Gasteiger partial charge is 0.417 e.